The normalized spacial score (nSPS) is 18.9. The second-order valence-electron chi connectivity index (χ2n) is 4.40. The van der Waals surface area contributed by atoms with Gasteiger partial charge in [0.05, 0.1) is 22.3 Å². The Morgan fingerprint density at radius 1 is 1.50 bits per heavy atom. The first-order valence-corrected chi connectivity index (χ1v) is 6.85. The zero-order valence-corrected chi connectivity index (χ0v) is 10.9. The van der Waals surface area contributed by atoms with Crippen molar-refractivity contribution in [1.29, 1.82) is 0 Å². The highest BCUT2D eigenvalue weighted by atomic mass is 32.1. The van der Waals surface area contributed by atoms with E-state index in [2.05, 4.69) is 12.1 Å². The second kappa shape index (κ2) is 4.57. The number of fused-ring (bicyclic) bond motifs is 1. The lowest BCUT2D eigenvalue weighted by molar-refractivity contribution is 0.0741. The smallest absolute Gasteiger partial charge is 0.268 e. The number of rotatable bonds is 3. The van der Waals surface area contributed by atoms with Crippen LogP contribution in [0.15, 0.2) is 34.2 Å². The molecular weight excluding hydrogens is 248 g/mol. The van der Waals surface area contributed by atoms with E-state index in [-0.39, 0.29) is 11.7 Å². The zero-order chi connectivity index (χ0) is 12.5. The van der Waals surface area contributed by atoms with Crippen LogP contribution in [0.4, 0.5) is 0 Å². The van der Waals surface area contributed by atoms with Gasteiger partial charge in [0, 0.05) is 6.42 Å². The largest absolute Gasteiger partial charge is 0.390 e. The predicted molar refractivity (Wildman–Crippen MR) is 73.3 cm³/mol. The topological polar surface area (TPSA) is 43.6 Å². The van der Waals surface area contributed by atoms with Crippen molar-refractivity contribution in [3.05, 3.63) is 34.6 Å². The van der Waals surface area contributed by atoms with Crippen molar-refractivity contribution in [2.24, 2.45) is 5.16 Å². The Bertz CT molecular complexity index is 656. The summed E-state index contributed by atoms with van der Waals surface area (Å²) in [6.45, 7) is 2.65. The number of hydrogen-bond donors (Lipinski definition) is 0. The van der Waals surface area contributed by atoms with E-state index in [1.807, 2.05) is 24.3 Å². The molecule has 0 saturated carbocycles. The van der Waals surface area contributed by atoms with Crippen molar-refractivity contribution in [2.45, 2.75) is 32.4 Å². The van der Waals surface area contributed by atoms with Gasteiger partial charge in [-0.3, -0.25) is 8.75 Å². The summed E-state index contributed by atoms with van der Waals surface area (Å²) in [4.78, 5) is 17.5. The molecule has 0 bridgehead atoms. The molecule has 4 nitrogen and oxygen atoms in total. The van der Waals surface area contributed by atoms with Gasteiger partial charge in [0.1, 0.15) is 0 Å². The first-order chi connectivity index (χ1) is 8.78. The Labute approximate surface area is 109 Å². The van der Waals surface area contributed by atoms with E-state index >= 15 is 0 Å². The van der Waals surface area contributed by atoms with Crippen LogP contribution in [0.5, 0.6) is 0 Å². The van der Waals surface area contributed by atoms with Crippen LogP contribution in [-0.2, 0) is 11.4 Å². The molecule has 0 aliphatic carbocycles. The van der Waals surface area contributed by atoms with Crippen molar-refractivity contribution in [1.82, 2.24) is 3.96 Å². The molecule has 1 aromatic heterocycles. The van der Waals surface area contributed by atoms with Crippen LogP contribution >= 0.6 is 11.5 Å². The van der Waals surface area contributed by atoms with Crippen LogP contribution in [0.3, 0.4) is 0 Å². The third kappa shape index (κ3) is 1.95. The third-order valence-corrected chi connectivity index (χ3v) is 4.21. The van der Waals surface area contributed by atoms with Crippen LogP contribution in [0, 0.1) is 0 Å². The molecule has 5 heteroatoms. The zero-order valence-electron chi connectivity index (χ0n) is 10.1. The fourth-order valence-corrected chi connectivity index (χ4v) is 3.17. The van der Waals surface area contributed by atoms with Gasteiger partial charge in [0.25, 0.3) is 5.56 Å². The van der Waals surface area contributed by atoms with Crippen molar-refractivity contribution < 1.29 is 4.84 Å². The summed E-state index contributed by atoms with van der Waals surface area (Å²) >= 11 is 1.49. The average molecular weight is 262 g/mol. The van der Waals surface area contributed by atoms with E-state index in [4.69, 9.17) is 4.84 Å². The van der Waals surface area contributed by atoms with E-state index in [1.54, 1.807) is 3.96 Å². The van der Waals surface area contributed by atoms with Crippen molar-refractivity contribution in [2.75, 3.05) is 0 Å². The predicted octanol–water partition coefficient (Wildman–Crippen LogP) is 2.62. The molecule has 1 atom stereocenters. The number of hydrogen-bond acceptors (Lipinski definition) is 4. The SMILES string of the molecule is CCC1=NO[C@@H](Cn2sc3ccccc3c2=O)C1. The highest BCUT2D eigenvalue weighted by molar-refractivity contribution is 7.13. The first-order valence-electron chi connectivity index (χ1n) is 6.08. The summed E-state index contributed by atoms with van der Waals surface area (Å²) in [5, 5.41) is 4.81. The molecule has 2 heterocycles. The van der Waals surface area contributed by atoms with Gasteiger partial charge in [-0.25, -0.2) is 0 Å². The molecule has 94 valence electrons. The van der Waals surface area contributed by atoms with Gasteiger partial charge in [-0.05, 0) is 18.6 Å². The standard InChI is InChI=1S/C13H14N2O2S/c1-2-9-7-10(17-14-9)8-15-13(16)11-5-3-4-6-12(11)18-15/h3-6,10H,2,7-8H2,1H3/t10-/m1/s1. The van der Waals surface area contributed by atoms with Gasteiger partial charge >= 0.3 is 0 Å². The maximum atomic E-state index is 12.1. The lowest BCUT2D eigenvalue weighted by Crippen LogP contribution is -2.22. The summed E-state index contributed by atoms with van der Waals surface area (Å²) in [7, 11) is 0. The molecule has 0 spiro atoms. The van der Waals surface area contributed by atoms with E-state index in [0.717, 1.165) is 28.6 Å². The fraction of sp³-hybridized carbons (Fsp3) is 0.385. The molecule has 0 amide bonds. The lowest BCUT2D eigenvalue weighted by Gasteiger charge is -2.06. The van der Waals surface area contributed by atoms with Crippen LogP contribution in [0.25, 0.3) is 10.1 Å². The van der Waals surface area contributed by atoms with Crippen LogP contribution in [0.1, 0.15) is 19.8 Å². The molecule has 1 aromatic carbocycles. The second-order valence-corrected chi connectivity index (χ2v) is 5.46. The number of nitrogens with zero attached hydrogens (tertiary/aromatic N) is 2. The minimum atomic E-state index is 0.00529. The fourth-order valence-electron chi connectivity index (χ4n) is 2.12. The van der Waals surface area contributed by atoms with E-state index in [0.29, 0.717) is 6.54 Å². The highest BCUT2D eigenvalue weighted by Crippen LogP contribution is 2.19. The Morgan fingerprint density at radius 3 is 3.06 bits per heavy atom. The minimum absolute atomic E-state index is 0.00529. The Balaban J connectivity index is 1.84. The average Bonchev–Trinajstić information content (AvgIpc) is 2.97. The number of benzene rings is 1. The van der Waals surface area contributed by atoms with Crippen molar-refractivity contribution in [3.8, 4) is 0 Å². The monoisotopic (exact) mass is 262 g/mol. The van der Waals surface area contributed by atoms with Gasteiger partial charge < -0.3 is 4.84 Å². The Kier molecular flexibility index (Phi) is 2.91. The highest BCUT2D eigenvalue weighted by Gasteiger charge is 2.21. The number of oxime groups is 1. The number of aromatic nitrogens is 1. The van der Waals surface area contributed by atoms with Crippen LogP contribution in [0.2, 0.25) is 0 Å². The van der Waals surface area contributed by atoms with E-state index in [9.17, 15) is 4.79 Å². The molecule has 0 N–H and O–H groups in total. The summed E-state index contributed by atoms with van der Waals surface area (Å²) in [6.07, 6.45) is 1.75. The van der Waals surface area contributed by atoms with Crippen molar-refractivity contribution >= 4 is 27.3 Å². The molecule has 0 unspecified atom stereocenters. The van der Waals surface area contributed by atoms with Gasteiger partial charge in [0.15, 0.2) is 6.10 Å². The van der Waals surface area contributed by atoms with Crippen molar-refractivity contribution in [3.63, 3.8) is 0 Å². The van der Waals surface area contributed by atoms with E-state index in [1.165, 1.54) is 11.5 Å². The van der Waals surface area contributed by atoms with Crippen LogP contribution in [-0.4, -0.2) is 15.8 Å². The maximum Gasteiger partial charge on any atom is 0.268 e. The van der Waals surface area contributed by atoms with Crippen LogP contribution < -0.4 is 5.56 Å². The van der Waals surface area contributed by atoms with Gasteiger partial charge in [-0.1, -0.05) is 35.7 Å². The summed E-state index contributed by atoms with van der Waals surface area (Å²) in [5.74, 6) is 0. The molecular formula is C13H14N2O2S. The molecule has 0 radical (unpaired) electrons. The Morgan fingerprint density at radius 2 is 2.33 bits per heavy atom. The minimum Gasteiger partial charge on any atom is -0.390 e. The lowest BCUT2D eigenvalue weighted by atomic mass is 10.1. The first kappa shape index (κ1) is 11.5. The quantitative estimate of drug-likeness (QED) is 0.853. The maximum absolute atomic E-state index is 12.1. The third-order valence-electron chi connectivity index (χ3n) is 3.12. The summed E-state index contributed by atoms with van der Waals surface area (Å²) in [5.41, 5.74) is 1.15. The Hall–Kier alpha value is -1.62. The van der Waals surface area contributed by atoms with Gasteiger partial charge in [-0.2, -0.15) is 0 Å². The van der Waals surface area contributed by atoms with Gasteiger partial charge in [0.2, 0.25) is 0 Å². The molecule has 2 aromatic rings. The molecule has 3 rings (SSSR count). The van der Waals surface area contributed by atoms with Gasteiger partial charge in [-0.15, -0.1) is 0 Å². The molecule has 1 aliphatic rings. The summed E-state index contributed by atoms with van der Waals surface area (Å²) in [6, 6.07) is 7.69. The molecule has 0 saturated heterocycles. The molecule has 1 aliphatic heterocycles. The summed E-state index contributed by atoms with van der Waals surface area (Å²) < 4.78 is 2.79. The molecule has 18 heavy (non-hydrogen) atoms. The molecule has 0 fully saturated rings. The van der Waals surface area contributed by atoms with E-state index < -0.39 is 0 Å².